The van der Waals surface area contributed by atoms with E-state index in [1.165, 1.54) is 28.0 Å². The number of imide groups is 1. The summed E-state index contributed by atoms with van der Waals surface area (Å²) in [5, 5.41) is 3.86. The van der Waals surface area contributed by atoms with Crippen LogP contribution in [-0.4, -0.2) is 33.9 Å². The van der Waals surface area contributed by atoms with Crippen LogP contribution in [0.25, 0.3) is 5.69 Å². The molecule has 0 aliphatic carbocycles. The quantitative estimate of drug-likeness (QED) is 0.649. The number of esters is 1. The van der Waals surface area contributed by atoms with Gasteiger partial charge in [-0.2, -0.15) is 0 Å². The molecule has 2 amide bonds. The van der Waals surface area contributed by atoms with Crippen molar-refractivity contribution in [3.8, 4) is 5.69 Å². The number of nitrogens with zero attached hydrogens (tertiary/aromatic N) is 1. The van der Waals surface area contributed by atoms with Crippen molar-refractivity contribution in [1.29, 1.82) is 0 Å². The number of nitrogens with one attached hydrogen (secondary N) is 2. The first-order valence-electron chi connectivity index (χ1n) is 7.88. The molecule has 0 atom stereocenters. The molecule has 3 rings (SSSR count). The molecule has 2 heterocycles. The Hall–Kier alpha value is -3.46. The van der Waals surface area contributed by atoms with E-state index in [2.05, 4.69) is 10.3 Å². The van der Waals surface area contributed by atoms with Gasteiger partial charge in [-0.15, -0.1) is 11.3 Å². The summed E-state index contributed by atoms with van der Waals surface area (Å²) in [6.07, 6.45) is 1.58. The Balaban J connectivity index is 1.57. The van der Waals surface area contributed by atoms with Crippen LogP contribution in [0.15, 0.2) is 52.8 Å². The van der Waals surface area contributed by atoms with Crippen LogP contribution in [-0.2, 0) is 9.53 Å². The maximum absolute atomic E-state index is 12.0. The van der Waals surface area contributed by atoms with E-state index in [1.807, 2.05) is 0 Å². The van der Waals surface area contributed by atoms with Gasteiger partial charge in [0.15, 0.2) is 6.61 Å². The topological polar surface area (TPSA) is 110 Å². The smallest absolute Gasteiger partial charge is 0.338 e. The van der Waals surface area contributed by atoms with E-state index < -0.39 is 24.4 Å². The van der Waals surface area contributed by atoms with Gasteiger partial charge in [-0.1, -0.05) is 6.07 Å². The van der Waals surface area contributed by atoms with Gasteiger partial charge in [0, 0.05) is 11.9 Å². The van der Waals surface area contributed by atoms with Gasteiger partial charge in [0.2, 0.25) is 0 Å². The molecule has 0 saturated carbocycles. The molecule has 8 nitrogen and oxygen atoms in total. The zero-order valence-corrected chi connectivity index (χ0v) is 15.0. The lowest BCUT2D eigenvalue weighted by Crippen LogP contribution is -2.33. The van der Waals surface area contributed by atoms with Crippen LogP contribution in [0, 0.1) is 6.92 Å². The summed E-state index contributed by atoms with van der Waals surface area (Å²) in [5.74, 6) is -1.96. The highest BCUT2D eigenvalue weighted by molar-refractivity contribution is 7.12. The Bertz CT molecular complexity index is 1030. The van der Waals surface area contributed by atoms with E-state index in [0.29, 0.717) is 10.6 Å². The van der Waals surface area contributed by atoms with E-state index in [9.17, 15) is 19.2 Å². The van der Waals surface area contributed by atoms with Crippen LogP contribution in [0.2, 0.25) is 0 Å². The minimum atomic E-state index is -0.715. The summed E-state index contributed by atoms with van der Waals surface area (Å²) in [5.41, 5.74) is 1.25. The monoisotopic (exact) mass is 385 g/mol. The number of ether oxygens (including phenoxy) is 1. The lowest BCUT2D eigenvalue weighted by Gasteiger charge is -2.07. The minimum Gasteiger partial charge on any atom is -0.452 e. The molecule has 2 aromatic heterocycles. The summed E-state index contributed by atoms with van der Waals surface area (Å²) in [7, 11) is 0. The van der Waals surface area contributed by atoms with Gasteiger partial charge < -0.3 is 9.72 Å². The Morgan fingerprint density at radius 1 is 1.19 bits per heavy atom. The molecule has 0 spiro atoms. The number of aromatic nitrogens is 2. The van der Waals surface area contributed by atoms with Gasteiger partial charge in [0.1, 0.15) is 0 Å². The van der Waals surface area contributed by atoms with Crippen molar-refractivity contribution in [2.24, 2.45) is 0 Å². The van der Waals surface area contributed by atoms with Crippen molar-refractivity contribution in [3.63, 3.8) is 0 Å². The van der Waals surface area contributed by atoms with Crippen LogP contribution in [0.1, 0.15) is 25.7 Å². The number of hydrogen-bond acceptors (Lipinski definition) is 6. The predicted octanol–water partition coefficient (Wildman–Crippen LogP) is 1.65. The maximum atomic E-state index is 12.0. The van der Waals surface area contributed by atoms with E-state index in [0.717, 1.165) is 5.69 Å². The number of carbonyl (C=O) groups is 3. The SMILES string of the molecule is Cc1c[nH]c(=O)n1-c1ccc(C(=O)OCC(=O)NC(=O)c2cccs2)cc1. The van der Waals surface area contributed by atoms with Gasteiger partial charge in [0.25, 0.3) is 11.8 Å². The number of carbonyl (C=O) groups excluding carboxylic acids is 3. The third-order valence-corrected chi connectivity index (χ3v) is 4.52. The fourth-order valence-electron chi connectivity index (χ4n) is 2.37. The number of aromatic amines is 1. The molecule has 1 aromatic carbocycles. The van der Waals surface area contributed by atoms with Crippen molar-refractivity contribution < 1.29 is 19.1 Å². The van der Waals surface area contributed by atoms with Crippen LogP contribution in [0.5, 0.6) is 0 Å². The lowest BCUT2D eigenvalue weighted by molar-refractivity contribution is -0.123. The van der Waals surface area contributed by atoms with Crippen LogP contribution >= 0.6 is 11.3 Å². The molecule has 9 heteroatoms. The normalized spacial score (nSPS) is 10.4. The van der Waals surface area contributed by atoms with Crippen molar-refractivity contribution in [1.82, 2.24) is 14.9 Å². The molecule has 0 aliphatic rings. The molecule has 0 saturated heterocycles. The summed E-state index contributed by atoms with van der Waals surface area (Å²) in [6.45, 7) is 1.20. The highest BCUT2D eigenvalue weighted by Crippen LogP contribution is 2.11. The van der Waals surface area contributed by atoms with E-state index in [-0.39, 0.29) is 11.3 Å². The Morgan fingerprint density at radius 3 is 2.52 bits per heavy atom. The minimum absolute atomic E-state index is 0.220. The van der Waals surface area contributed by atoms with Gasteiger partial charge >= 0.3 is 11.7 Å². The van der Waals surface area contributed by atoms with Gasteiger partial charge in [0.05, 0.1) is 16.1 Å². The first kappa shape index (κ1) is 18.3. The third-order valence-electron chi connectivity index (χ3n) is 3.65. The Kier molecular flexibility index (Phi) is 5.32. The highest BCUT2D eigenvalue weighted by Gasteiger charge is 2.14. The molecular weight excluding hydrogens is 370 g/mol. The zero-order valence-electron chi connectivity index (χ0n) is 14.2. The molecule has 0 bridgehead atoms. The highest BCUT2D eigenvalue weighted by atomic mass is 32.1. The van der Waals surface area contributed by atoms with E-state index >= 15 is 0 Å². The number of imidazole rings is 1. The van der Waals surface area contributed by atoms with Crippen molar-refractivity contribution >= 4 is 29.1 Å². The standard InChI is InChI=1S/C18H15N3O5S/c1-11-9-19-18(25)21(11)13-6-4-12(5-7-13)17(24)26-10-15(22)20-16(23)14-3-2-8-27-14/h2-9H,10H2,1H3,(H,19,25)(H,20,22,23). The van der Waals surface area contributed by atoms with Gasteiger partial charge in [-0.05, 0) is 42.6 Å². The van der Waals surface area contributed by atoms with E-state index in [1.54, 1.807) is 42.8 Å². The number of benzene rings is 1. The number of amides is 2. The lowest BCUT2D eigenvalue weighted by atomic mass is 10.2. The van der Waals surface area contributed by atoms with Gasteiger partial charge in [-0.3, -0.25) is 19.5 Å². The average Bonchev–Trinajstić information content (AvgIpc) is 3.30. The van der Waals surface area contributed by atoms with Crippen LogP contribution in [0.3, 0.4) is 0 Å². The average molecular weight is 385 g/mol. The molecule has 138 valence electrons. The molecule has 0 aliphatic heterocycles. The fourth-order valence-corrected chi connectivity index (χ4v) is 2.99. The summed E-state index contributed by atoms with van der Waals surface area (Å²) < 4.78 is 6.37. The second-order valence-electron chi connectivity index (χ2n) is 5.55. The largest absolute Gasteiger partial charge is 0.452 e. The van der Waals surface area contributed by atoms with E-state index in [4.69, 9.17) is 4.74 Å². The van der Waals surface area contributed by atoms with Gasteiger partial charge in [-0.25, -0.2) is 9.59 Å². The van der Waals surface area contributed by atoms with Crippen molar-refractivity contribution in [2.75, 3.05) is 6.61 Å². The molecule has 0 fully saturated rings. The fraction of sp³-hybridized carbons (Fsp3) is 0.111. The number of thiophene rings is 1. The molecule has 27 heavy (non-hydrogen) atoms. The number of H-pyrrole nitrogens is 1. The first-order chi connectivity index (χ1) is 13.0. The zero-order chi connectivity index (χ0) is 19.4. The second kappa shape index (κ2) is 7.83. The molecular formula is C18H15N3O5S. The number of rotatable bonds is 5. The first-order valence-corrected chi connectivity index (χ1v) is 8.76. The van der Waals surface area contributed by atoms with Crippen LogP contribution in [0.4, 0.5) is 0 Å². The Labute approximate surface area is 157 Å². The number of hydrogen-bond donors (Lipinski definition) is 2. The third kappa shape index (κ3) is 4.21. The summed E-state index contributed by atoms with van der Waals surface area (Å²) >= 11 is 1.20. The van der Waals surface area contributed by atoms with Crippen LogP contribution < -0.4 is 11.0 Å². The van der Waals surface area contributed by atoms with Crippen molar-refractivity contribution in [2.45, 2.75) is 6.92 Å². The Morgan fingerprint density at radius 2 is 1.93 bits per heavy atom. The molecule has 0 unspecified atom stereocenters. The molecule has 2 N–H and O–H groups in total. The second-order valence-corrected chi connectivity index (χ2v) is 6.50. The molecule has 0 radical (unpaired) electrons. The molecule has 3 aromatic rings. The predicted molar refractivity (Wildman–Crippen MR) is 98.2 cm³/mol. The number of aryl methyl sites for hydroxylation is 1. The maximum Gasteiger partial charge on any atom is 0.338 e. The summed E-state index contributed by atoms with van der Waals surface area (Å²) in [6, 6.07) is 9.45. The van der Waals surface area contributed by atoms with Crippen molar-refractivity contribution in [3.05, 3.63) is 74.6 Å². The summed E-state index contributed by atoms with van der Waals surface area (Å²) in [4.78, 5) is 50.2.